The van der Waals surface area contributed by atoms with Gasteiger partial charge in [-0.1, -0.05) is 19.1 Å². The molecule has 4 aromatic rings. The van der Waals surface area contributed by atoms with Crippen LogP contribution in [0.25, 0.3) is 5.82 Å². The molecule has 1 aliphatic rings. The van der Waals surface area contributed by atoms with Gasteiger partial charge in [-0.15, -0.1) is 0 Å². The predicted octanol–water partition coefficient (Wildman–Crippen LogP) is 6.25. The highest BCUT2D eigenvalue weighted by Gasteiger charge is 2.33. The van der Waals surface area contributed by atoms with Crippen molar-refractivity contribution >= 4 is 23.0 Å². The van der Waals surface area contributed by atoms with E-state index in [0.29, 0.717) is 42.6 Å². The molecule has 0 bridgehead atoms. The van der Waals surface area contributed by atoms with Gasteiger partial charge in [-0.2, -0.15) is 23.0 Å². The molecule has 0 spiro atoms. The van der Waals surface area contributed by atoms with Crippen molar-refractivity contribution in [3.05, 3.63) is 88.5 Å². The Labute approximate surface area is 242 Å². The third-order valence-electron chi connectivity index (χ3n) is 7.22. The van der Waals surface area contributed by atoms with Crippen LogP contribution in [0.1, 0.15) is 52.3 Å². The summed E-state index contributed by atoms with van der Waals surface area (Å²) in [6.45, 7) is 9.02. The van der Waals surface area contributed by atoms with Crippen LogP contribution in [0.5, 0.6) is 0 Å². The molecule has 1 saturated heterocycles. The van der Waals surface area contributed by atoms with E-state index in [2.05, 4.69) is 20.4 Å². The van der Waals surface area contributed by atoms with Crippen molar-refractivity contribution in [2.24, 2.45) is 0 Å². The highest BCUT2D eigenvalue weighted by Crippen LogP contribution is 2.34. The summed E-state index contributed by atoms with van der Waals surface area (Å²) in [5.74, 6) is 0.908. The standard InChI is InChI=1S/C31H33F3N6O2/c1-5-25-16-29(36-18-35-25)40-30(10-20(3)38-40)37-27-11-22(7-6-19(27)2)12-28(41)23-13-24(31(32,33)34)15-26(14-23)39-8-9-42-21(4)17-39/h6-7,10-11,13-16,18,21,37H,5,8-9,12,17H2,1-4H3/t21-/m0/s1. The van der Waals surface area contributed by atoms with Crippen LogP contribution < -0.4 is 10.2 Å². The molecule has 1 fully saturated rings. The van der Waals surface area contributed by atoms with Crippen LogP contribution in [0.4, 0.5) is 30.4 Å². The number of carbonyl (C=O) groups is 1. The average molecular weight is 579 g/mol. The van der Waals surface area contributed by atoms with Gasteiger partial charge in [0, 0.05) is 54.3 Å². The van der Waals surface area contributed by atoms with Gasteiger partial charge in [-0.25, -0.2) is 9.97 Å². The van der Waals surface area contributed by atoms with Gasteiger partial charge >= 0.3 is 6.18 Å². The van der Waals surface area contributed by atoms with Gasteiger partial charge in [-0.05, 0) is 62.6 Å². The number of aryl methyl sites for hydroxylation is 3. The molecule has 0 amide bonds. The van der Waals surface area contributed by atoms with Gasteiger partial charge < -0.3 is 15.0 Å². The van der Waals surface area contributed by atoms with Crippen LogP contribution in [0.3, 0.4) is 0 Å². The number of hydrogen-bond donors (Lipinski definition) is 1. The number of anilines is 3. The normalized spacial score (nSPS) is 15.6. The number of carbonyl (C=O) groups excluding carboxylic acids is 1. The van der Waals surface area contributed by atoms with Crippen molar-refractivity contribution in [2.45, 2.75) is 52.8 Å². The molecule has 0 radical (unpaired) electrons. The predicted molar refractivity (Wildman–Crippen MR) is 155 cm³/mol. The molecule has 11 heteroatoms. The number of hydrogen-bond acceptors (Lipinski definition) is 7. The van der Waals surface area contributed by atoms with E-state index >= 15 is 0 Å². The number of alkyl halides is 3. The number of Topliss-reactive ketones (excluding diaryl/α,β-unsaturated/α-hetero) is 1. The summed E-state index contributed by atoms with van der Waals surface area (Å²) in [5, 5.41) is 7.98. The van der Waals surface area contributed by atoms with Gasteiger partial charge in [0.2, 0.25) is 0 Å². The fourth-order valence-electron chi connectivity index (χ4n) is 4.97. The second-order valence-electron chi connectivity index (χ2n) is 10.6. The van der Waals surface area contributed by atoms with E-state index in [1.165, 1.54) is 6.33 Å². The van der Waals surface area contributed by atoms with E-state index in [1.54, 1.807) is 10.7 Å². The first-order chi connectivity index (χ1) is 20.0. The molecule has 1 aliphatic heterocycles. The average Bonchev–Trinajstić information content (AvgIpc) is 3.33. The maximum absolute atomic E-state index is 13.8. The van der Waals surface area contributed by atoms with Crippen LogP contribution in [0, 0.1) is 13.8 Å². The fraction of sp³-hybridized carbons (Fsp3) is 0.355. The summed E-state index contributed by atoms with van der Waals surface area (Å²) in [6.07, 6.45) is -2.49. The third-order valence-corrected chi connectivity index (χ3v) is 7.22. The van der Waals surface area contributed by atoms with Crippen molar-refractivity contribution in [3.8, 4) is 5.82 Å². The number of halogens is 3. The zero-order valence-corrected chi connectivity index (χ0v) is 24.0. The largest absolute Gasteiger partial charge is 0.416 e. The Kier molecular flexibility index (Phi) is 8.31. The molecule has 2 aromatic carbocycles. The summed E-state index contributed by atoms with van der Waals surface area (Å²) in [4.78, 5) is 23.9. The summed E-state index contributed by atoms with van der Waals surface area (Å²) in [7, 11) is 0. The van der Waals surface area contributed by atoms with E-state index in [9.17, 15) is 18.0 Å². The number of ether oxygens (including phenoxy) is 1. The number of ketones is 1. The summed E-state index contributed by atoms with van der Waals surface area (Å²) < 4.78 is 48.7. The van der Waals surface area contributed by atoms with Gasteiger partial charge in [0.05, 0.1) is 24.0 Å². The minimum Gasteiger partial charge on any atom is -0.375 e. The Balaban J connectivity index is 1.41. The highest BCUT2D eigenvalue weighted by molar-refractivity contribution is 5.98. The third kappa shape index (κ3) is 6.62. The van der Waals surface area contributed by atoms with Crippen molar-refractivity contribution in [1.29, 1.82) is 0 Å². The Morgan fingerprint density at radius 1 is 1.10 bits per heavy atom. The lowest BCUT2D eigenvalue weighted by Gasteiger charge is -2.33. The van der Waals surface area contributed by atoms with Crippen LogP contribution in [-0.4, -0.2) is 51.3 Å². The van der Waals surface area contributed by atoms with Gasteiger partial charge in [0.25, 0.3) is 0 Å². The van der Waals surface area contributed by atoms with Gasteiger partial charge in [0.1, 0.15) is 12.1 Å². The monoisotopic (exact) mass is 578 g/mol. The summed E-state index contributed by atoms with van der Waals surface area (Å²) in [6, 6.07) is 12.9. The molecule has 0 unspecified atom stereocenters. The van der Waals surface area contributed by atoms with Crippen LogP contribution in [0.2, 0.25) is 0 Å². The lowest BCUT2D eigenvalue weighted by molar-refractivity contribution is -0.137. The lowest BCUT2D eigenvalue weighted by Crippen LogP contribution is -2.41. The Morgan fingerprint density at radius 2 is 1.90 bits per heavy atom. The van der Waals surface area contributed by atoms with E-state index < -0.39 is 17.5 Å². The molecule has 2 aromatic heterocycles. The van der Waals surface area contributed by atoms with E-state index in [4.69, 9.17) is 4.74 Å². The van der Waals surface area contributed by atoms with Gasteiger partial charge in [-0.3, -0.25) is 4.79 Å². The zero-order chi connectivity index (χ0) is 30.0. The SMILES string of the molecule is CCc1cc(-n2nc(C)cc2Nc2cc(CC(=O)c3cc(N4CCO[C@@H](C)C4)cc(C(F)(F)F)c3)ccc2C)ncn1. The zero-order valence-electron chi connectivity index (χ0n) is 24.0. The molecule has 5 rings (SSSR count). The number of rotatable bonds is 8. The minimum atomic E-state index is -4.58. The Morgan fingerprint density at radius 3 is 2.64 bits per heavy atom. The summed E-state index contributed by atoms with van der Waals surface area (Å²) in [5.41, 5.74) is 3.57. The van der Waals surface area contributed by atoms with Crippen molar-refractivity contribution in [1.82, 2.24) is 19.7 Å². The quantitative estimate of drug-likeness (QED) is 0.247. The van der Waals surface area contributed by atoms with Crippen LogP contribution in [0.15, 0.2) is 54.9 Å². The van der Waals surface area contributed by atoms with E-state index in [-0.39, 0.29) is 18.1 Å². The van der Waals surface area contributed by atoms with Crippen molar-refractivity contribution < 1.29 is 22.7 Å². The molecule has 220 valence electrons. The molecule has 1 N–H and O–H groups in total. The first-order valence-corrected chi connectivity index (χ1v) is 13.9. The molecule has 0 saturated carbocycles. The Hall–Kier alpha value is -4.25. The van der Waals surface area contributed by atoms with Crippen molar-refractivity contribution in [2.75, 3.05) is 29.9 Å². The summed E-state index contributed by atoms with van der Waals surface area (Å²) >= 11 is 0. The van der Waals surface area contributed by atoms with Crippen molar-refractivity contribution in [3.63, 3.8) is 0 Å². The fourth-order valence-corrected chi connectivity index (χ4v) is 4.97. The molecule has 8 nitrogen and oxygen atoms in total. The first kappa shape index (κ1) is 29.2. The molecular weight excluding hydrogens is 545 g/mol. The second kappa shape index (κ2) is 11.9. The minimum absolute atomic E-state index is 0.0262. The number of aromatic nitrogens is 4. The number of morpholine rings is 1. The molecule has 1 atom stereocenters. The maximum atomic E-state index is 13.8. The number of nitrogens with one attached hydrogen (secondary N) is 1. The van der Waals surface area contributed by atoms with E-state index in [0.717, 1.165) is 41.2 Å². The van der Waals surface area contributed by atoms with Crippen LogP contribution in [-0.2, 0) is 23.8 Å². The number of benzene rings is 2. The molecule has 3 heterocycles. The topological polar surface area (TPSA) is 85.2 Å². The van der Waals surface area contributed by atoms with E-state index in [1.807, 2.05) is 62.9 Å². The molecule has 0 aliphatic carbocycles. The van der Waals surface area contributed by atoms with Crippen LogP contribution >= 0.6 is 0 Å². The molecule has 42 heavy (non-hydrogen) atoms. The lowest BCUT2D eigenvalue weighted by atomic mass is 9.98. The molecular formula is C31H33F3N6O2. The second-order valence-corrected chi connectivity index (χ2v) is 10.6. The van der Waals surface area contributed by atoms with Gasteiger partial charge in [0.15, 0.2) is 11.6 Å². The highest BCUT2D eigenvalue weighted by atomic mass is 19.4. The maximum Gasteiger partial charge on any atom is 0.416 e. The first-order valence-electron chi connectivity index (χ1n) is 13.9. The Bertz CT molecular complexity index is 1600. The number of nitrogens with zero attached hydrogens (tertiary/aromatic N) is 5. The smallest absolute Gasteiger partial charge is 0.375 e.